The Morgan fingerprint density at radius 2 is 1.64 bits per heavy atom. The van der Waals surface area contributed by atoms with Crippen LogP contribution >= 0.6 is 0 Å². The molecule has 1 atom stereocenters. The van der Waals surface area contributed by atoms with Gasteiger partial charge in [0.05, 0.1) is 6.42 Å². The predicted octanol–water partition coefficient (Wildman–Crippen LogP) is 4.81. The number of nitrogens with zero attached hydrogens (tertiary/aromatic N) is 1. The van der Waals surface area contributed by atoms with Gasteiger partial charge in [0, 0.05) is 25.6 Å². The number of fused-ring (bicyclic) bond motifs is 1. The van der Waals surface area contributed by atoms with Crippen LogP contribution in [0.3, 0.4) is 0 Å². The third-order valence-electron chi connectivity index (χ3n) is 4.86. The molecule has 3 aromatic carbocycles. The summed E-state index contributed by atoms with van der Waals surface area (Å²) in [5, 5.41) is 0. The predicted molar refractivity (Wildman–Crippen MR) is 108 cm³/mol. The topological polar surface area (TPSA) is 38.8 Å². The lowest BCUT2D eigenvalue weighted by molar-refractivity contribution is -0.0307. The van der Waals surface area contributed by atoms with Gasteiger partial charge in [-0.25, -0.2) is 4.79 Å². The van der Waals surface area contributed by atoms with Gasteiger partial charge in [0.1, 0.15) is 5.75 Å². The highest BCUT2D eigenvalue weighted by atomic mass is 16.7. The van der Waals surface area contributed by atoms with Crippen molar-refractivity contribution in [1.82, 2.24) is 4.90 Å². The lowest BCUT2D eigenvalue weighted by Gasteiger charge is -2.20. The van der Waals surface area contributed by atoms with Crippen LogP contribution in [0.1, 0.15) is 22.3 Å². The van der Waals surface area contributed by atoms with E-state index in [2.05, 4.69) is 18.2 Å². The highest BCUT2D eigenvalue weighted by Crippen LogP contribution is 2.34. The third-order valence-corrected chi connectivity index (χ3v) is 4.86. The number of benzene rings is 3. The summed E-state index contributed by atoms with van der Waals surface area (Å²) in [7, 11) is 1.73. The maximum atomic E-state index is 12.5. The molecule has 4 nitrogen and oxygen atoms in total. The molecule has 0 fully saturated rings. The minimum absolute atomic E-state index is 0.383. The molecule has 1 aliphatic heterocycles. The number of ether oxygens (including phenoxy) is 2. The highest BCUT2D eigenvalue weighted by molar-refractivity contribution is 5.67. The van der Waals surface area contributed by atoms with Gasteiger partial charge in [-0.05, 0) is 16.7 Å². The third kappa shape index (κ3) is 4.17. The van der Waals surface area contributed by atoms with Gasteiger partial charge >= 0.3 is 6.09 Å². The van der Waals surface area contributed by atoms with Gasteiger partial charge < -0.3 is 14.4 Å². The summed E-state index contributed by atoms with van der Waals surface area (Å²) in [5.74, 6) is 0.842. The van der Waals surface area contributed by atoms with Crippen LogP contribution in [-0.2, 0) is 24.1 Å². The number of amides is 1. The second kappa shape index (κ2) is 8.17. The van der Waals surface area contributed by atoms with E-state index in [4.69, 9.17) is 9.47 Å². The maximum absolute atomic E-state index is 12.5. The zero-order valence-corrected chi connectivity index (χ0v) is 15.9. The molecule has 0 bridgehead atoms. The average Bonchev–Trinajstić information content (AvgIpc) is 3.13. The zero-order chi connectivity index (χ0) is 19.3. The molecule has 142 valence electrons. The fourth-order valence-electron chi connectivity index (χ4n) is 3.45. The summed E-state index contributed by atoms with van der Waals surface area (Å²) in [6, 6.07) is 26.3. The summed E-state index contributed by atoms with van der Waals surface area (Å²) in [6.07, 6.45) is 0.394. The molecule has 1 unspecified atom stereocenters. The lowest BCUT2D eigenvalue weighted by atomic mass is 10.0. The van der Waals surface area contributed by atoms with Gasteiger partial charge in [-0.15, -0.1) is 0 Å². The number of hydrogen-bond acceptors (Lipinski definition) is 3. The van der Waals surface area contributed by atoms with E-state index in [-0.39, 0.29) is 6.09 Å². The molecule has 4 rings (SSSR count). The van der Waals surface area contributed by atoms with Gasteiger partial charge in [-0.3, -0.25) is 0 Å². The molecular formula is C24H23NO3. The Balaban J connectivity index is 1.39. The van der Waals surface area contributed by atoms with Crippen LogP contribution in [0.5, 0.6) is 5.75 Å². The van der Waals surface area contributed by atoms with E-state index in [0.717, 1.165) is 28.9 Å². The second-order valence-electron chi connectivity index (χ2n) is 7.04. The largest absolute Gasteiger partial charge is 0.454 e. The standard InChI is InChI=1S/C24H23NO3/c1-25(17-19-11-6-3-7-12-19)24(26)28-22-16-21-14-8-13-20(23(21)27-22)15-18-9-4-2-5-10-18/h2-14,22H,15-17H2,1H3. The Morgan fingerprint density at radius 1 is 0.964 bits per heavy atom. The van der Waals surface area contributed by atoms with E-state index in [0.29, 0.717) is 13.0 Å². The van der Waals surface area contributed by atoms with E-state index < -0.39 is 6.29 Å². The molecule has 1 heterocycles. The van der Waals surface area contributed by atoms with Crippen molar-refractivity contribution in [3.63, 3.8) is 0 Å². The SMILES string of the molecule is CN(Cc1ccccc1)C(=O)OC1Cc2cccc(Cc3ccccc3)c2O1. The molecular weight excluding hydrogens is 350 g/mol. The van der Waals surface area contributed by atoms with E-state index in [9.17, 15) is 4.79 Å². The van der Waals surface area contributed by atoms with E-state index >= 15 is 0 Å². The first-order valence-electron chi connectivity index (χ1n) is 9.46. The normalized spacial score (nSPS) is 14.8. The summed E-state index contributed by atoms with van der Waals surface area (Å²) in [5.41, 5.74) is 4.47. The van der Waals surface area contributed by atoms with Crippen molar-refractivity contribution < 1.29 is 14.3 Å². The zero-order valence-electron chi connectivity index (χ0n) is 15.9. The fourth-order valence-corrected chi connectivity index (χ4v) is 3.45. The van der Waals surface area contributed by atoms with Crippen molar-refractivity contribution in [2.75, 3.05) is 7.05 Å². The number of carbonyl (C=O) groups is 1. The summed E-state index contributed by atoms with van der Waals surface area (Å²) < 4.78 is 11.6. The maximum Gasteiger partial charge on any atom is 0.412 e. The molecule has 0 saturated carbocycles. The van der Waals surface area contributed by atoms with Crippen molar-refractivity contribution in [2.45, 2.75) is 25.7 Å². The molecule has 4 heteroatoms. The Kier molecular flexibility index (Phi) is 5.29. The summed E-state index contributed by atoms with van der Waals surface area (Å²) in [4.78, 5) is 14.0. The lowest BCUT2D eigenvalue weighted by Crippen LogP contribution is -2.32. The summed E-state index contributed by atoms with van der Waals surface area (Å²) in [6.45, 7) is 0.499. The monoisotopic (exact) mass is 373 g/mol. The van der Waals surface area contributed by atoms with Crippen molar-refractivity contribution in [1.29, 1.82) is 0 Å². The molecule has 0 radical (unpaired) electrons. The van der Waals surface area contributed by atoms with E-state index in [1.807, 2.05) is 60.7 Å². The molecule has 0 aliphatic carbocycles. The smallest absolute Gasteiger partial charge is 0.412 e. The first kappa shape index (κ1) is 18.1. The minimum atomic E-state index is -0.586. The first-order chi connectivity index (χ1) is 13.7. The van der Waals surface area contributed by atoms with Crippen molar-refractivity contribution in [2.24, 2.45) is 0 Å². The second-order valence-corrected chi connectivity index (χ2v) is 7.04. The number of para-hydroxylation sites is 1. The van der Waals surface area contributed by atoms with Gasteiger partial charge in [0.2, 0.25) is 6.29 Å². The van der Waals surface area contributed by atoms with Crippen molar-refractivity contribution in [3.05, 3.63) is 101 Å². The highest BCUT2D eigenvalue weighted by Gasteiger charge is 2.29. The quantitative estimate of drug-likeness (QED) is 0.644. The van der Waals surface area contributed by atoms with Crippen LogP contribution in [0.25, 0.3) is 0 Å². The molecule has 0 N–H and O–H groups in total. The molecule has 0 saturated heterocycles. The molecule has 0 spiro atoms. The Bertz CT molecular complexity index is 941. The minimum Gasteiger partial charge on any atom is -0.454 e. The Morgan fingerprint density at radius 3 is 2.36 bits per heavy atom. The fraction of sp³-hybridized carbons (Fsp3) is 0.208. The molecule has 1 amide bonds. The Labute approximate surface area is 165 Å². The van der Waals surface area contributed by atoms with Crippen LogP contribution in [0.2, 0.25) is 0 Å². The number of hydrogen-bond donors (Lipinski definition) is 0. The van der Waals surface area contributed by atoms with Crippen LogP contribution < -0.4 is 4.74 Å². The van der Waals surface area contributed by atoms with Gasteiger partial charge in [-0.2, -0.15) is 0 Å². The summed E-state index contributed by atoms with van der Waals surface area (Å²) >= 11 is 0. The molecule has 0 aromatic heterocycles. The van der Waals surface area contributed by atoms with Crippen LogP contribution in [0.15, 0.2) is 78.9 Å². The van der Waals surface area contributed by atoms with Crippen molar-refractivity contribution >= 4 is 6.09 Å². The molecule has 1 aliphatic rings. The average molecular weight is 373 g/mol. The van der Waals surface area contributed by atoms with Gasteiger partial charge in [0.15, 0.2) is 0 Å². The molecule has 3 aromatic rings. The van der Waals surface area contributed by atoms with Crippen LogP contribution in [0, 0.1) is 0 Å². The number of carbonyl (C=O) groups excluding carboxylic acids is 1. The van der Waals surface area contributed by atoms with Crippen LogP contribution in [-0.4, -0.2) is 24.3 Å². The van der Waals surface area contributed by atoms with Gasteiger partial charge in [0.25, 0.3) is 0 Å². The van der Waals surface area contributed by atoms with Crippen molar-refractivity contribution in [3.8, 4) is 5.75 Å². The van der Waals surface area contributed by atoms with E-state index in [1.165, 1.54) is 5.56 Å². The van der Waals surface area contributed by atoms with Crippen LogP contribution in [0.4, 0.5) is 4.79 Å². The number of rotatable bonds is 5. The Hall–Kier alpha value is -3.27. The van der Waals surface area contributed by atoms with Gasteiger partial charge in [-0.1, -0.05) is 78.9 Å². The van der Waals surface area contributed by atoms with E-state index in [1.54, 1.807) is 11.9 Å². The first-order valence-corrected chi connectivity index (χ1v) is 9.46. The molecule has 28 heavy (non-hydrogen) atoms.